The molecule has 0 spiro atoms. The third-order valence-corrected chi connectivity index (χ3v) is 6.28. The standard InChI is InChI=1S/C22H34F3N5O/c1-17(22(23,24)25)29-11-13-30(14-12-29)21(26-2)27-15-18-3-5-19(6-4-18)16-28-9-7-20(31)8-10-28/h3-6,17,20,31H,7-16H2,1-2H3,(H,26,27). The molecule has 0 amide bonds. The van der Waals surface area contributed by atoms with Gasteiger partial charge in [0, 0.05) is 59.4 Å². The quantitative estimate of drug-likeness (QED) is 0.543. The lowest BCUT2D eigenvalue weighted by Crippen LogP contribution is -2.56. The van der Waals surface area contributed by atoms with Gasteiger partial charge in [-0.2, -0.15) is 13.2 Å². The zero-order valence-corrected chi connectivity index (χ0v) is 18.4. The van der Waals surface area contributed by atoms with E-state index in [1.165, 1.54) is 17.4 Å². The van der Waals surface area contributed by atoms with Gasteiger partial charge in [0.25, 0.3) is 0 Å². The summed E-state index contributed by atoms with van der Waals surface area (Å²) >= 11 is 0. The molecule has 0 aliphatic carbocycles. The Morgan fingerprint density at radius 1 is 1.06 bits per heavy atom. The number of rotatable bonds is 5. The molecule has 1 aromatic carbocycles. The number of aliphatic imine (C=N–C) groups is 1. The van der Waals surface area contributed by atoms with Crippen molar-refractivity contribution in [3.63, 3.8) is 0 Å². The van der Waals surface area contributed by atoms with E-state index in [0.717, 1.165) is 44.0 Å². The van der Waals surface area contributed by atoms with E-state index in [0.29, 0.717) is 32.7 Å². The van der Waals surface area contributed by atoms with Crippen molar-refractivity contribution < 1.29 is 18.3 Å². The Morgan fingerprint density at radius 2 is 1.65 bits per heavy atom. The number of halogens is 3. The van der Waals surface area contributed by atoms with Crippen LogP contribution in [0.4, 0.5) is 13.2 Å². The largest absolute Gasteiger partial charge is 0.403 e. The van der Waals surface area contributed by atoms with E-state index in [-0.39, 0.29) is 6.10 Å². The fourth-order valence-corrected chi connectivity index (χ4v) is 4.14. The lowest BCUT2D eigenvalue weighted by atomic mass is 10.1. The molecule has 1 unspecified atom stereocenters. The first-order valence-electron chi connectivity index (χ1n) is 11.0. The van der Waals surface area contributed by atoms with Gasteiger partial charge in [-0.3, -0.25) is 14.8 Å². The van der Waals surface area contributed by atoms with Crippen molar-refractivity contribution in [3.05, 3.63) is 35.4 Å². The third-order valence-electron chi connectivity index (χ3n) is 6.28. The molecule has 3 rings (SSSR count). The maximum absolute atomic E-state index is 12.9. The highest BCUT2D eigenvalue weighted by atomic mass is 19.4. The number of nitrogens with one attached hydrogen (secondary N) is 1. The molecule has 31 heavy (non-hydrogen) atoms. The van der Waals surface area contributed by atoms with Gasteiger partial charge in [0.05, 0.1) is 6.10 Å². The van der Waals surface area contributed by atoms with Crippen molar-refractivity contribution >= 4 is 5.96 Å². The van der Waals surface area contributed by atoms with Crippen molar-refractivity contribution in [2.24, 2.45) is 4.99 Å². The minimum atomic E-state index is -4.19. The lowest BCUT2D eigenvalue weighted by molar-refractivity contribution is -0.181. The average Bonchev–Trinajstić information content (AvgIpc) is 2.76. The van der Waals surface area contributed by atoms with Crippen molar-refractivity contribution in [1.82, 2.24) is 20.0 Å². The molecule has 0 radical (unpaired) electrons. The van der Waals surface area contributed by atoms with Gasteiger partial charge in [0.1, 0.15) is 6.04 Å². The van der Waals surface area contributed by atoms with Crippen LogP contribution in [0.2, 0.25) is 0 Å². The van der Waals surface area contributed by atoms with E-state index in [2.05, 4.69) is 39.5 Å². The molecule has 1 aromatic rings. The Kier molecular flexibility index (Phi) is 8.18. The highest BCUT2D eigenvalue weighted by molar-refractivity contribution is 5.80. The number of hydrogen-bond donors (Lipinski definition) is 2. The second-order valence-electron chi connectivity index (χ2n) is 8.47. The molecule has 2 saturated heterocycles. The highest BCUT2D eigenvalue weighted by Crippen LogP contribution is 2.25. The number of nitrogens with zero attached hydrogens (tertiary/aromatic N) is 4. The zero-order valence-electron chi connectivity index (χ0n) is 18.4. The second-order valence-corrected chi connectivity index (χ2v) is 8.47. The second kappa shape index (κ2) is 10.7. The molecule has 2 aliphatic heterocycles. The van der Waals surface area contributed by atoms with Crippen LogP contribution < -0.4 is 5.32 Å². The first-order chi connectivity index (χ1) is 14.8. The molecule has 9 heteroatoms. The molecular weight excluding hydrogens is 407 g/mol. The molecule has 2 fully saturated rings. The smallest absolute Gasteiger partial charge is 0.393 e. The highest BCUT2D eigenvalue weighted by Gasteiger charge is 2.41. The minimum absolute atomic E-state index is 0.157. The number of guanidine groups is 1. The Hall–Kier alpha value is -1.84. The first kappa shape index (κ1) is 23.8. The Labute approximate surface area is 182 Å². The normalized spacial score (nSPS) is 21.4. The summed E-state index contributed by atoms with van der Waals surface area (Å²) in [5.74, 6) is 0.718. The van der Waals surface area contributed by atoms with Crippen molar-refractivity contribution in [2.75, 3.05) is 46.3 Å². The lowest BCUT2D eigenvalue weighted by Gasteiger charge is -2.39. The van der Waals surface area contributed by atoms with Crippen LogP contribution in [0, 0.1) is 0 Å². The molecule has 0 saturated carbocycles. The molecule has 2 N–H and O–H groups in total. The van der Waals surface area contributed by atoms with Crippen LogP contribution in [-0.2, 0) is 13.1 Å². The maximum Gasteiger partial charge on any atom is 0.403 e. The molecule has 2 heterocycles. The maximum atomic E-state index is 12.9. The molecule has 0 bridgehead atoms. The van der Waals surface area contributed by atoms with Gasteiger partial charge in [-0.25, -0.2) is 0 Å². The summed E-state index contributed by atoms with van der Waals surface area (Å²) in [5, 5.41) is 13.0. The Balaban J connectivity index is 1.44. The molecule has 1 atom stereocenters. The number of benzene rings is 1. The SMILES string of the molecule is CN=C(NCc1ccc(CN2CCC(O)CC2)cc1)N1CCN(C(C)C(F)(F)F)CC1. The number of alkyl halides is 3. The third kappa shape index (κ3) is 6.82. The van der Waals surface area contributed by atoms with Gasteiger partial charge in [-0.1, -0.05) is 24.3 Å². The van der Waals surface area contributed by atoms with E-state index < -0.39 is 12.2 Å². The summed E-state index contributed by atoms with van der Waals surface area (Å²) in [4.78, 5) is 10.2. The predicted octanol–water partition coefficient (Wildman–Crippen LogP) is 2.29. The van der Waals surface area contributed by atoms with Crippen molar-refractivity contribution in [3.8, 4) is 0 Å². The number of piperidine rings is 1. The zero-order chi connectivity index (χ0) is 22.4. The number of aliphatic hydroxyl groups is 1. The number of likely N-dealkylation sites (tertiary alicyclic amines) is 1. The summed E-state index contributed by atoms with van der Waals surface area (Å²) < 4.78 is 38.8. The topological polar surface area (TPSA) is 54.3 Å². The number of piperazine rings is 1. The van der Waals surface area contributed by atoms with Crippen LogP contribution in [0.5, 0.6) is 0 Å². The molecule has 2 aliphatic rings. The summed E-state index contributed by atoms with van der Waals surface area (Å²) in [7, 11) is 1.70. The van der Waals surface area contributed by atoms with Gasteiger partial charge in [-0.15, -0.1) is 0 Å². The summed E-state index contributed by atoms with van der Waals surface area (Å²) in [6, 6.07) is 7.02. The Bertz CT molecular complexity index is 709. The van der Waals surface area contributed by atoms with E-state index in [4.69, 9.17) is 0 Å². The average molecular weight is 442 g/mol. The van der Waals surface area contributed by atoms with Crippen molar-refractivity contribution in [1.29, 1.82) is 0 Å². The van der Waals surface area contributed by atoms with E-state index in [1.54, 1.807) is 7.05 Å². The van der Waals surface area contributed by atoms with E-state index in [1.807, 2.05) is 4.90 Å². The van der Waals surface area contributed by atoms with Gasteiger partial charge in [0.2, 0.25) is 0 Å². The summed E-state index contributed by atoms with van der Waals surface area (Å²) in [6.07, 6.45) is -2.67. The number of hydrogen-bond acceptors (Lipinski definition) is 4. The number of aliphatic hydroxyl groups excluding tert-OH is 1. The van der Waals surface area contributed by atoms with Gasteiger partial charge in [-0.05, 0) is 30.9 Å². The van der Waals surface area contributed by atoms with Gasteiger partial charge in [0.15, 0.2) is 5.96 Å². The van der Waals surface area contributed by atoms with E-state index >= 15 is 0 Å². The molecule has 0 aromatic heterocycles. The molecular formula is C22H34F3N5O. The predicted molar refractivity (Wildman–Crippen MR) is 116 cm³/mol. The first-order valence-corrected chi connectivity index (χ1v) is 11.0. The van der Waals surface area contributed by atoms with Crippen LogP contribution in [-0.4, -0.2) is 90.4 Å². The van der Waals surface area contributed by atoms with Crippen molar-refractivity contribution in [2.45, 2.75) is 51.2 Å². The molecule has 174 valence electrons. The Morgan fingerprint density at radius 3 is 2.19 bits per heavy atom. The van der Waals surface area contributed by atoms with Crippen LogP contribution >= 0.6 is 0 Å². The molecule has 6 nitrogen and oxygen atoms in total. The fourth-order valence-electron chi connectivity index (χ4n) is 4.14. The monoisotopic (exact) mass is 441 g/mol. The summed E-state index contributed by atoms with van der Waals surface area (Å²) in [6.45, 7) is 6.34. The minimum Gasteiger partial charge on any atom is -0.393 e. The summed E-state index contributed by atoms with van der Waals surface area (Å²) in [5.41, 5.74) is 2.38. The van der Waals surface area contributed by atoms with Crippen LogP contribution in [0.25, 0.3) is 0 Å². The van der Waals surface area contributed by atoms with Gasteiger partial charge < -0.3 is 15.3 Å². The van der Waals surface area contributed by atoms with Crippen LogP contribution in [0.3, 0.4) is 0 Å². The van der Waals surface area contributed by atoms with E-state index in [9.17, 15) is 18.3 Å². The fraction of sp³-hybridized carbons (Fsp3) is 0.682. The van der Waals surface area contributed by atoms with Crippen LogP contribution in [0.15, 0.2) is 29.3 Å². The van der Waals surface area contributed by atoms with Gasteiger partial charge >= 0.3 is 6.18 Å². The van der Waals surface area contributed by atoms with Crippen LogP contribution in [0.1, 0.15) is 30.9 Å².